The van der Waals surface area contributed by atoms with Crippen molar-refractivity contribution in [3.63, 3.8) is 0 Å². The molecule has 4 rings (SSSR count). The van der Waals surface area contributed by atoms with Gasteiger partial charge in [0.05, 0.1) is 37.7 Å². The van der Waals surface area contributed by atoms with E-state index in [1.807, 2.05) is 12.1 Å². The zero-order valence-corrected chi connectivity index (χ0v) is 14.3. The summed E-state index contributed by atoms with van der Waals surface area (Å²) in [6, 6.07) is 6.81. The predicted molar refractivity (Wildman–Crippen MR) is 96.6 cm³/mol. The number of rotatable bonds is 4. The molecule has 26 heavy (non-hydrogen) atoms. The zero-order chi connectivity index (χ0) is 17.9. The highest BCUT2D eigenvalue weighted by Crippen LogP contribution is 2.29. The molecule has 1 aromatic carbocycles. The van der Waals surface area contributed by atoms with Crippen molar-refractivity contribution in [2.45, 2.75) is 0 Å². The summed E-state index contributed by atoms with van der Waals surface area (Å²) in [6.07, 6.45) is 3.14. The van der Waals surface area contributed by atoms with E-state index in [1.54, 1.807) is 12.3 Å². The molecule has 1 aliphatic heterocycles. The van der Waals surface area contributed by atoms with Gasteiger partial charge >= 0.3 is 0 Å². The Bertz CT molecular complexity index is 913. The molecule has 1 aliphatic rings. The number of fused-ring (bicyclic) bond motifs is 1. The zero-order valence-electron chi connectivity index (χ0n) is 14.3. The highest BCUT2D eigenvalue weighted by Gasteiger charge is 2.13. The number of nitrogens with one attached hydrogen (secondary N) is 1. The quantitative estimate of drug-likeness (QED) is 0.771. The van der Waals surface area contributed by atoms with Crippen molar-refractivity contribution < 1.29 is 13.9 Å². The van der Waals surface area contributed by atoms with Crippen LogP contribution in [0.25, 0.3) is 10.9 Å². The fourth-order valence-corrected chi connectivity index (χ4v) is 2.89. The first-order chi connectivity index (χ1) is 12.7. The highest BCUT2D eigenvalue weighted by atomic mass is 19.1. The smallest absolute Gasteiger partial charge is 0.167 e. The van der Waals surface area contributed by atoms with Crippen molar-refractivity contribution in [3.05, 3.63) is 42.6 Å². The Balaban J connectivity index is 1.60. The number of benzene rings is 1. The van der Waals surface area contributed by atoms with Crippen molar-refractivity contribution in [2.75, 3.05) is 43.6 Å². The SMILES string of the molecule is COc1cc2c(Nc3ccc(N4CCOCC4)nc3)ncnc2cc1F. The largest absolute Gasteiger partial charge is 0.494 e. The summed E-state index contributed by atoms with van der Waals surface area (Å²) in [5, 5.41) is 3.88. The number of methoxy groups -OCH3 is 1. The molecule has 0 atom stereocenters. The molecule has 7 nitrogen and oxygen atoms in total. The van der Waals surface area contributed by atoms with Crippen molar-refractivity contribution in [1.82, 2.24) is 15.0 Å². The van der Waals surface area contributed by atoms with Crippen LogP contribution in [0.3, 0.4) is 0 Å². The van der Waals surface area contributed by atoms with Gasteiger partial charge < -0.3 is 19.7 Å². The maximum Gasteiger partial charge on any atom is 0.167 e. The number of hydrogen-bond acceptors (Lipinski definition) is 7. The molecular formula is C18H18FN5O2. The van der Waals surface area contributed by atoms with Gasteiger partial charge in [-0.25, -0.2) is 19.3 Å². The van der Waals surface area contributed by atoms with Crippen LogP contribution in [-0.4, -0.2) is 48.4 Å². The van der Waals surface area contributed by atoms with Crippen LogP contribution >= 0.6 is 0 Å². The minimum absolute atomic E-state index is 0.149. The first kappa shape index (κ1) is 16.5. The number of nitrogens with zero attached hydrogens (tertiary/aromatic N) is 4. The molecule has 1 N–H and O–H groups in total. The Morgan fingerprint density at radius 2 is 2.00 bits per heavy atom. The summed E-state index contributed by atoms with van der Waals surface area (Å²) in [6.45, 7) is 3.10. The molecule has 8 heteroatoms. The third-order valence-electron chi connectivity index (χ3n) is 4.25. The van der Waals surface area contributed by atoms with E-state index < -0.39 is 5.82 Å². The van der Waals surface area contributed by atoms with E-state index in [1.165, 1.54) is 19.5 Å². The standard InChI is InChI=1S/C18H18FN5O2/c1-25-16-8-13-15(9-14(16)19)21-11-22-18(13)23-12-2-3-17(20-10-12)24-4-6-26-7-5-24/h2-3,8-11H,4-7H2,1H3,(H,21,22,23). The Hall–Kier alpha value is -3.00. The predicted octanol–water partition coefficient (Wildman–Crippen LogP) is 2.75. The first-order valence-electron chi connectivity index (χ1n) is 8.28. The fraction of sp³-hybridized carbons (Fsp3) is 0.278. The third-order valence-corrected chi connectivity index (χ3v) is 4.25. The van der Waals surface area contributed by atoms with Crippen LogP contribution in [0, 0.1) is 5.82 Å². The molecule has 0 unspecified atom stereocenters. The van der Waals surface area contributed by atoms with Crippen molar-refractivity contribution in [2.24, 2.45) is 0 Å². The molecule has 3 heterocycles. The van der Waals surface area contributed by atoms with E-state index in [-0.39, 0.29) is 5.75 Å². The molecule has 1 saturated heterocycles. The average molecular weight is 355 g/mol. The van der Waals surface area contributed by atoms with Gasteiger partial charge in [0.2, 0.25) is 0 Å². The fourth-order valence-electron chi connectivity index (χ4n) is 2.89. The average Bonchev–Trinajstić information content (AvgIpc) is 2.69. The summed E-state index contributed by atoms with van der Waals surface area (Å²) >= 11 is 0. The number of hydrogen-bond donors (Lipinski definition) is 1. The van der Waals surface area contributed by atoms with Crippen LogP contribution in [0.2, 0.25) is 0 Å². The topological polar surface area (TPSA) is 72.4 Å². The van der Waals surface area contributed by atoms with Gasteiger partial charge in [0.1, 0.15) is 18.0 Å². The lowest BCUT2D eigenvalue weighted by molar-refractivity contribution is 0.122. The number of halogens is 1. The molecule has 1 fully saturated rings. The van der Waals surface area contributed by atoms with E-state index in [9.17, 15) is 4.39 Å². The van der Waals surface area contributed by atoms with E-state index in [0.29, 0.717) is 29.9 Å². The third kappa shape index (κ3) is 3.23. The summed E-state index contributed by atoms with van der Waals surface area (Å²) < 4.78 is 24.3. The lowest BCUT2D eigenvalue weighted by atomic mass is 10.2. The Morgan fingerprint density at radius 1 is 1.15 bits per heavy atom. The van der Waals surface area contributed by atoms with Crippen LogP contribution in [0.5, 0.6) is 5.75 Å². The maximum atomic E-state index is 13.9. The minimum Gasteiger partial charge on any atom is -0.494 e. The number of morpholine rings is 1. The van der Waals surface area contributed by atoms with Crippen LogP contribution in [0.4, 0.5) is 21.7 Å². The van der Waals surface area contributed by atoms with Crippen molar-refractivity contribution >= 4 is 28.2 Å². The molecule has 0 radical (unpaired) electrons. The van der Waals surface area contributed by atoms with E-state index in [0.717, 1.165) is 24.6 Å². The second-order valence-electron chi connectivity index (χ2n) is 5.86. The van der Waals surface area contributed by atoms with E-state index in [4.69, 9.17) is 9.47 Å². The first-order valence-corrected chi connectivity index (χ1v) is 8.28. The molecule has 0 aliphatic carbocycles. The molecule has 3 aromatic rings. The lowest BCUT2D eigenvalue weighted by Crippen LogP contribution is -2.36. The lowest BCUT2D eigenvalue weighted by Gasteiger charge is -2.27. The Kier molecular flexibility index (Phi) is 4.49. The van der Waals surface area contributed by atoms with E-state index >= 15 is 0 Å². The number of ether oxygens (including phenoxy) is 2. The summed E-state index contributed by atoms with van der Waals surface area (Å²) in [7, 11) is 1.43. The van der Waals surface area contributed by atoms with Crippen LogP contribution in [0.15, 0.2) is 36.8 Å². The molecule has 0 saturated carbocycles. The highest BCUT2D eigenvalue weighted by molar-refractivity contribution is 5.91. The molecular weight excluding hydrogens is 337 g/mol. The van der Waals surface area contributed by atoms with Crippen molar-refractivity contribution in [3.8, 4) is 5.75 Å². The van der Waals surface area contributed by atoms with Crippen LogP contribution in [0.1, 0.15) is 0 Å². The van der Waals surface area contributed by atoms with Gasteiger partial charge in [-0.1, -0.05) is 0 Å². The van der Waals surface area contributed by atoms with E-state index in [2.05, 4.69) is 25.2 Å². The van der Waals surface area contributed by atoms with Gasteiger partial charge in [0.25, 0.3) is 0 Å². The van der Waals surface area contributed by atoms with Gasteiger partial charge in [-0.2, -0.15) is 0 Å². The minimum atomic E-state index is -0.457. The van der Waals surface area contributed by atoms with Crippen LogP contribution in [-0.2, 0) is 4.74 Å². The Labute approximate surface area is 149 Å². The molecule has 2 aromatic heterocycles. The maximum absolute atomic E-state index is 13.9. The summed E-state index contributed by atoms with van der Waals surface area (Å²) in [4.78, 5) is 15.1. The van der Waals surface area contributed by atoms with Gasteiger partial charge in [0.15, 0.2) is 11.6 Å². The van der Waals surface area contributed by atoms with Gasteiger partial charge in [0, 0.05) is 24.5 Å². The summed E-state index contributed by atoms with van der Waals surface area (Å²) in [5.74, 6) is 1.17. The Morgan fingerprint density at radius 3 is 2.73 bits per heavy atom. The number of pyridine rings is 1. The normalized spacial score (nSPS) is 14.5. The number of aromatic nitrogens is 3. The molecule has 0 amide bonds. The van der Waals surface area contributed by atoms with Crippen molar-refractivity contribution in [1.29, 1.82) is 0 Å². The molecule has 134 valence electrons. The second-order valence-corrected chi connectivity index (χ2v) is 5.86. The number of anilines is 3. The van der Waals surface area contributed by atoms with Gasteiger partial charge in [-0.15, -0.1) is 0 Å². The second kappa shape index (κ2) is 7.09. The van der Waals surface area contributed by atoms with Gasteiger partial charge in [-0.3, -0.25) is 0 Å². The van der Waals surface area contributed by atoms with Gasteiger partial charge in [-0.05, 0) is 18.2 Å². The summed E-state index contributed by atoms with van der Waals surface area (Å²) in [5.41, 5.74) is 1.28. The molecule has 0 bridgehead atoms. The monoisotopic (exact) mass is 355 g/mol. The van der Waals surface area contributed by atoms with Crippen LogP contribution < -0.4 is 15.0 Å². The molecule has 0 spiro atoms.